The minimum absolute atomic E-state index is 0.0196. The van der Waals surface area contributed by atoms with E-state index in [-0.39, 0.29) is 5.69 Å². The van der Waals surface area contributed by atoms with Crippen LogP contribution in [0.25, 0.3) is 11.0 Å². The Hall–Kier alpha value is -1.91. The highest BCUT2D eigenvalue weighted by atomic mass is 16.4. The Morgan fingerprint density at radius 3 is 3.08 bits per heavy atom. The molecule has 0 fully saturated rings. The molecule has 0 amide bonds. The van der Waals surface area contributed by atoms with E-state index in [0.717, 1.165) is 5.56 Å². The van der Waals surface area contributed by atoms with Crippen LogP contribution in [0.4, 0.5) is 0 Å². The molecule has 0 spiro atoms. The lowest BCUT2D eigenvalue weighted by Crippen LogP contribution is -1.96. The van der Waals surface area contributed by atoms with Crippen LogP contribution < -0.4 is 0 Å². The first kappa shape index (κ1) is 7.72. The second-order valence-corrected chi connectivity index (χ2v) is 2.79. The van der Waals surface area contributed by atoms with Crippen molar-refractivity contribution in [3.05, 3.63) is 23.5 Å². The van der Waals surface area contributed by atoms with Gasteiger partial charge < -0.3 is 5.11 Å². The number of carbonyl (C=O) groups is 1. The molecule has 0 bridgehead atoms. The Morgan fingerprint density at radius 1 is 1.62 bits per heavy atom. The number of aromatic nitrogens is 3. The molecule has 2 aromatic heterocycles. The molecule has 5 heteroatoms. The summed E-state index contributed by atoms with van der Waals surface area (Å²) in [6, 6.07) is 1.75. The zero-order chi connectivity index (χ0) is 9.42. The molecule has 2 aromatic rings. The van der Waals surface area contributed by atoms with Crippen LogP contribution >= 0.6 is 0 Å². The van der Waals surface area contributed by atoms with Crippen LogP contribution in [0.15, 0.2) is 12.3 Å². The summed E-state index contributed by atoms with van der Waals surface area (Å²) in [6.45, 7) is 1.85. The molecular formula is C8H7N3O2. The fourth-order valence-electron chi connectivity index (χ4n) is 1.17. The van der Waals surface area contributed by atoms with Crippen molar-refractivity contribution in [1.82, 2.24) is 15.2 Å². The number of nitrogens with one attached hydrogen (secondary N) is 1. The Balaban J connectivity index is 2.79. The highest BCUT2D eigenvalue weighted by Crippen LogP contribution is 2.14. The number of aromatic carboxylic acids is 1. The van der Waals surface area contributed by atoms with E-state index in [2.05, 4.69) is 15.2 Å². The van der Waals surface area contributed by atoms with Crippen molar-refractivity contribution in [2.75, 3.05) is 0 Å². The fraction of sp³-hybridized carbons (Fsp3) is 0.125. The molecule has 2 rings (SSSR count). The van der Waals surface area contributed by atoms with Crippen LogP contribution in [0, 0.1) is 6.92 Å². The molecule has 13 heavy (non-hydrogen) atoms. The van der Waals surface area contributed by atoms with E-state index in [1.165, 1.54) is 0 Å². The third kappa shape index (κ3) is 1.14. The monoisotopic (exact) mass is 177 g/mol. The Morgan fingerprint density at radius 2 is 2.38 bits per heavy atom. The van der Waals surface area contributed by atoms with Gasteiger partial charge in [-0.15, -0.1) is 0 Å². The third-order valence-corrected chi connectivity index (χ3v) is 1.76. The minimum Gasteiger partial charge on any atom is -0.476 e. The second kappa shape index (κ2) is 2.55. The number of hydrogen-bond donors (Lipinski definition) is 2. The molecule has 0 aliphatic carbocycles. The first-order valence-corrected chi connectivity index (χ1v) is 3.72. The SMILES string of the molecule is Cc1cnc2[nH]nc(C(=O)O)c2c1. The summed E-state index contributed by atoms with van der Waals surface area (Å²) in [5, 5.41) is 15.5. The first-order chi connectivity index (χ1) is 6.18. The quantitative estimate of drug-likeness (QED) is 0.680. The molecule has 0 atom stereocenters. The number of aryl methyl sites for hydroxylation is 1. The summed E-state index contributed by atoms with van der Waals surface area (Å²) in [5.74, 6) is -1.04. The summed E-state index contributed by atoms with van der Waals surface area (Å²) < 4.78 is 0. The van der Waals surface area contributed by atoms with Crippen LogP contribution in [0.1, 0.15) is 16.1 Å². The molecule has 2 heterocycles. The van der Waals surface area contributed by atoms with Gasteiger partial charge in [0.1, 0.15) is 0 Å². The van der Waals surface area contributed by atoms with Crippen LogP contribution in [0.3, 0.4) is 0 Å². The van der Waals surface area contributed by atoms with Gasteiger partial charge >= 0.3 is 5.97 Å². The molecule has 0 aromatic carbocycles. The van der Waals surface area contributed by atoms with Gasteiger partial charge in [-0.3, -0.25) is 5.10 Å². The molecule has 0 radical (unpaired) electrons. The van der Waals surface area contributed by atoms with Gasteiger partial charge in [-0.2, -0.15) is 5.10 Å². The normalized spacial score (nSPS) is 10.5. The predicted octanol–water partition coefficient (Wildman–Crippen LogP) is 0.965. The fourth-order valence-corrected chi connectivity index (χ4v) is 1.17. The van der Waals surface area contributed by atoms with Gasteiger partial charge in [0, 0.05) is 6.20 Å². The van der Waals surface area contributed by atoms with Crippen molar-refractivity contribution in [3.8, 4) is 0 Å². The van der Waals surface area contributed by atoms with E-state index < -0.39 is 5.97 Å². The molecule has 0 saturated carbocycles. The van der Waals surface area contributed by atoms with Gasteiger partial charge in [-0.05, 0) is 18.6 Å². The number of H-pyrrole nitrogens is 1. The molecule has 2 N–H and O–H groups in total. The molecule has 0 unspecified atom stereocenters. The first-order valence-electron chi connectivity index (χ1n) is 3.72. The number of carboxylic acids is 1. The van der Waals surface area contributed by atoms with E-state index >= 15 is 0 Å². The molecule has 0 aliphatic rings. The maximum absolute atomic E-state index is 10.7. The van der Waals surface area contributed by atoms with Crippen molar-refractivity contribution in [2.45, 2.75) is 6.92 Å². The number of rotatable bonds is 1. The van der Waals surface area contributed by atoms with Crippen molar-refractivity contribution >= 4 is 17.0 Å². The van der Waals surface area contributed by atoms with Gasteiger partial charge in [-0.1, -0.05) is 0 Å². The maximum atomic E-state index is 10.7. The summed E-state index contributed by atoms with van der Waals surface area (Å²) >= 11 is 0. The largest absolute Gasteiger partial charge is 0.476 e. The lowest BCUT2D eigenvalue weighted by Gasteiger charge is -1.91. The highest BCUT2D eigenvalue weighted by molar-refractivity contribution is 5.99. The smallest absolute Gasteiger partial charge is 0.357 e. The Kier molecular flexibility index (Phi) is 1.51. The minimum atomic E-state index is -1.04. The lowest BCUT2D eigenvalue weighted by molar-refractivity contribution is 0.0692. The average molecular weight is 177 g/mol. The number of fused-ring (bicyclic) bond motifs is 1. The van der Waals surface area contributed by atoms with Crippen LogP contribution in [0.5, 0.6) is 0 Å². The maximum Gasteiger partial charge on any atom is 0.357 e. The summed E-state index contributed by atoms with van der Waals surface area (Å²) in [5.41, 5.74) is 1.44. The molecule has 66 valence electrons. The standard InChI is InChI=1S/C8H7N3O2/c1-4-2-5-6(8(12)13)10-11-7(5)9-3-4/h2-3H,1H3,(H,12,13)(H,9,10,11). The van der Waals surface area contributed by atoms with Crippen LogP contribution in [0.2, 0.25) is 0 Å². The van der Waals surface area contributed by atoms with Crippen molar-refractivity contribution in [1.29, 1.82) is 0 Å². The van der Waals surface area contributed by atoms with E-state index in [4.69, 9.17) is 5.11 Å². The molecule has 0 saturated heterocycles. The molecular weight excluding hydrogens is 170 g/mol. The number of hydrogen-bond acceptors (Lipinski definition) is 3. The topological polar surface area (TPSA) is 78.9 Å². The summed E-state index contributed by atoms with van der Waals surface area (Å²) in [7, 11) is 0. The number of nitrogens with zero attached hydrogens (tertiary/aromatic N) is 2. The highest BCUT2D eigenvalue weighted by Gasteiger charge is 2.12. The van der Waals surface area contributed by atoms with Crippen LogP contribution in [-0.4, -0.2) is 26.3 Å². The summed E-state index contributed by atoms with van der Waals surface area (Å²) in [6.07, 6.45) is 1.66. The van der Waals surface area contributed by atoms with Crippen molar-refractivity contribution < 1.29 is 9.90 Å². The van der Waals surface area contributed by atoms with Crippen LogP contribution in [-0.2, 0) is 0 Å². The Labute approximate surface area is 73.4 Å². The number of carboxylic acid groups (broad SMARTS) is 1. The van der Waals surface area contributed by atoms with Gasteiger partial charge in [0.25, 0.3) is 0 Å². The average Bonchev–Trinajstić information content (AvgIpc) is 2.46. The predicted molar refractivity (Wildman–Crippen MR) is 45.6 cm³/mol. The van der Waals surface area contributed by atoms with E-state index in [1.54, 1.807) is 12.3 Å². The van der Waals surface area contributed by atoms with Crippen molar-refractivity contribution in [3.63, 3.8) is 0 Å². The van der Waals surface area contributed by atoms with E-state index in [0.29, 0.717) is 11.0 Å². The second-order valence-electron chi connectivity index (χ2n) is 2.79. The zero-order valence-corrected chi connectivity index (χ0v) is 6.90. The summed E-state index contributed by atoms with van der Waals surface area (Å²) in [4.78, 5) is 14.7. The van der Waals surface area contributed by atoms with Crippen molar-refractivity contribution in [2.24, 2.45) is 0 Å². The molecule has 0 aliphatic heterocycles. The Bertz CT molecular complexity index is 475. The van der Waals surface area contributed by atoms with Gasteiger partial charge in [0.05, 0.1) is 5.39 Å². The van der Waals surface area contributed by atoms with Gasteiger partial charge in [0.2, 0.25) is 0 Å². The number of pyridine rings is 1. The zero-order valence-electron chi connectivity index (χ0n) is 6.90. The number of aromatic amines is 1. The van der Waals surface area contributed by atoms with Gasteiger partial charge in [-0.25, -0.2) is 9.78 Å². The lowest BCUT2D eigenvalue weighted by atomic mass is 10.2. The van der Waals surface area contributed by atoms with Gasteiger partial charge in [0.15, 0.2) is 11.3 Å². The third-order valence-electron chi connectivity index (χ3n) is 1.76. The van der Waals surface area contributed by atoms with E-state index in [9.17, 15) is 4.79 Å². The van der Waals surface area contributed by atoms with E-state index in [1.807, 2.05) is 6.92 Å². The molecule has 5 nitrogen and oxygen atoms in total.